The van der Waals surface area contributed by atoms with Gasteiger partial charge in [-0.15, -0.1) is 0 Å². The molecule has 0 saturated carbocycles. The Hall–Kier alpha value is -1.69. The van der Waals surface area contributed by atoms with Crippen molar-refractivity contribution in [2.45, 2.75) is 12.8 Å². The molecular weight excluding hydrogens is 322 g/mol. The molecule has 1 fully saturated rings. The number of hydrogen-bond acceptors (Lipinski definition) is 4. The molecular formula is C14H14BrN3O2. The molecule has 1 atom stereocenters. The van der Waals surface area contributed by atoms with Gasteiger partial charge in [-0.25, -0.2) is 9.97 Å². The van der Waals surface area contributed by atoms with Crippen LogP contribution in [0.4, 0.5) is 5.82 Å². The number of rotatable bonds is 2. The van der Waals surface area contributed by atoms with Crippen LogP contribution in [0, 0.1) is 5.92 Å². The smallest absolute Gasteiger partial charge is 0.308 e. The monoisotopic (exact) mass is 335 g/mol. The number of nitrogens with zero attached hydrogens (tertiary/aromatic N) is 3. The van der Waals surface area contributed by atoms with Crippen molar-refractivity contribution < 1.29 is 9.90 Å². The lowest BCUT2D eigenvalue weighted by atomic mass is 9.98. The highest BCUT2D eigenvalue weighted by molar-refractivity contribution is 9.10. The van der Waals surface area contributed by atoms with Gasteiger partial charge in [-0.1, -0.05) is 15.9 Å². The Morgan fingerprint density at radius 3 is 3.05 bits per heavy atom. The first kappa shape index (κ1) is 13.3. The summed E-state index contributed by atoms with van der Waals surface area (Å²) >= 11 is 3.43. The van der Waals surface area contributed by atoms with Gasteiger partial charge in [0.2, 0.25) is 0 Å². The fourth-order valence-corrected chi connectivity index (χ4v) is 2.99. The van der Waals surface area contributed by atoms with Gasteiger partial charge in [0.05, 0.1) is 11.4 Å². The van der Waals surface area contributed by atoms with Gasteiger partial charge in [0.15, 0.2) is 0 Å². The molecule has 0 bridgehead atoms. The maximum Gasteiger partial charge on any atom is 0.308 e. The van der Waals surface area contributed by atoms with Gasteiger partial charge in [0.25, 0.3) is 0 Å². The van der Waals surface area contributed by atoms with Crippen LogP contribution in [-0.4, -0.2) is 34.1 Å². The van der Waals surface area contributed by atoms with Gasteiger partial charge in [-0.2, -0.15) is 0 Å². The van der Waals surface area contributed by atoms with E-state index in [1.54, 1.807) is 0 Å². The number of carboxylic acid groups (broad SMARTS) is 1. The minimum Gasteiger partial charge on any atom is -0.481 e. The first-order valence-corrected chi connectivity index (χ1v) is 7.32. The van der Waals surface area contributed by atoms with Crippen LogP contribution in [0.3, 0.4) is 0 Å². The molecule has 2 aromatic rings. The molecule has 0 aliphatic carbocycles. The summed E-state index contributed by atoms with van der Waals surface area (Å²) in [6, 6.07) is 5.87. The van der Waals surface area contributed by atoms with Crippen molar-refractivity contribution >= 4 is 38.6 Å². The Kier molecular flexibility index (Phi) is 3.56. The Balaban J connectivity index is 1.99. The molecule has 1 aliphatic rings. The van der Waals surface area contributed by atoms with Crippen LogP contribution in [0.1, 0.15) is 12.8 Å². The quantitative estimate of drug-likeness (QED) is 0.913. The number of carboxylic acids is 1. The highest BCUT2D eigenvalue weighted by atomic mass is 79.9. The van der Waals surface area contributed by atoms with E-state index in [-0.39, 0.29) is 5.92 Å². The van der Waals surface area contributed by atoms with Crippen LogP contribution in [-0.2, 0) is 4.79 Å². The lowest BCUT2D eigenvalue weighted by Crippen LogP contribution is -2.39. The van der Waals surface area contributed by atoms with Crippen LogP contribution >= 0.6 is 15.9 Å². The minimum atomic E-state index is -0.726. The number of anilines is 1. The van der Waals surface area contributed by atoms with Crippen molar-refractivity contribution in [3.63, 3.8) is 0 Å². The summed E-state index contributed by atoms with van der Waals surface area (Å²) in [6.45, 7) is 1.35. The maximum atomic E-state index is 11.2. The average molecular weight is 336 g/mol. The summed E-state index contributed by atoms with van der Waals surface area (Å²) < 4.78 is 0.969. The van der Waals surface area contributed by atoms with Crippen molar-refractivity contribution in [2.75, 3.05) is 18.0 Å². The third kappa shape index (κ3) is 2.47. The molecule has 1 aliphatic heterocycles. The Morgan fingerprint density at radius 1 is 1.40 bits per heavy atom. The van der Waals surface area contributed by atoms with E-state index in [1.165, 1.54) is 6.33 Å². The lowest BCUT2D eigenvalue weighted by molar-refractivity contribution is -0.141. The third-order valence-electron chi connectivity index (χ3n) is 3.65. The Bertz CT molecular complexity index is 662. The summed E-state index contributed by atoms with van der Waals surface area (Å²) in [5, 5.41) is 10.1. The summed E-state index contributed by atoms with van der Waals surface area (Å²) in [5.41, 5.74) is 0.863. The van der Waals surface area contributed by atoms with Crippen molar-refractivity contribution in [3.8, 4) is 0 Å². The second kappa shape index (κ2) is 5.36. The molecule has 3 rings (SSSR count). The zero-order valence-corrected chi connectivity index (χ0v) is 12.4. The van der Waals surface area contributed by atoms with Gasteiger partial charge in [0.1, 0.15) is 12.1 Å². The molecule has 1 saturated heterocycles. The molecule has 20 heavy (non-hydrogen) atoms. The number of aliphatic carboxylic acids is 1. The van der Waals surface area contributed by atoms with Crippen molar-refractivity contribution in [3.05, 3.63) is 29.0 Å². The van der Waals surface area contributed by atoms with Crippen LogP contribution < -0.4 is 4.90 Å². The molecule has 1 unspecified atom stereocenters. The second-order valence-corrected chi connectivity index (χ2v) is 5.90. The van der Waals surface area contributed by atoms with Gasteiger partial charge >= 0.3 is 5.97 Å². The number of fused-ring (bicyclic) bond motifs is 1. The normalized spacial score (nSPS) is 19.2. The number of benzene rings is 1. The summed E-state index contributed by atoms with van der Waals surface area (Å²) in [4.78, 5) is 21.9. The summed E-state index contributed by atoms with van der Waals surface area (Å²) in [6.07, 6.45) is 3.15. The molecule has 1 N–H and O–H groups in total. The fourth-order valence-electron chi connectivity index (χ4n) is 2.64. The lowest BCUT2D eigenvalue weighted by Gasteiger charge is -2.32. The predicted molar refractivity (Wildman–Crippen MR) is 79.8 cm³/mol. The minimum absolute atomic E-state index is 0.316. The van der Waals surface area contributed by atoms with E-state index < -0.39 is 5.97 Å². The molecule has 0 spiro atoms. The number of halogens is 1. The molecule has 6 heteroatoms. The molecule has 0 radical (unpaired) electrons. The van der Waals surface area contributed by atoms with Crippen LogP contribution in [0.5, 0.6) is 0 Å². The van der Waals surface area contributed by atoms with Crippen LogP contribution in [0.2, 0.25) is 0 Å². The predicted octanol–water partition coefficient (Wildman–Crippen LogP) is 2.69. The van der Waals surface area contributed by atoms with Crippen molar-refractivity contribution in [1.82, 2.24) is 9.97 Å². The number of piperidine rings is 1. The standard InChI is InChI=1S/C14H14BrN3O2/c15-10-3-4-11-12(6-10)16-8-17-13(11)18-5-1-2-9(7-18)14(19)20/h3-4,6,8-9H,1-2,5,7H2,(H,19,20). The SMILES string of the molecule is O=C(O)C1CCCN(c2ncnc3cc(Br)ccc23)C1. The number of hydrogen-bond donors (Lipinski definition) is 1. The van der Waals surface area contributed by atoms with E-state index in [2.05, 4.69) is 30.8 Å². The van der Waals surface area contributed by atoms with Crippen LogP contribution in [0.25, 0.3) is 10.9 Å². The van der Waals surface area contributed by atoms with E-state index in [0.717, 1.165) is 40.6 Å². The van der Waals surface area contributed by atoms with E-state index in [0.29, 0.717) is 6.54 Å². The molecule has 1 aromatic heterocycles. The van der Waals surface area contributed by atoms with Gasteiger partial charge < -0.3 is 10.0 Å². The summed E-state index contributed by atoms with van der Waals surface area (Å²) in [5.74, 6) is -0.214. The number of carbonyl (C=O) groups is 1. The summed E-state index contributed by atoms with van der Waals surface area (Å²) in [7, 11) is 0. The first-order chi connectivity index (χ1) is 9.65. The highest BCUT2D eigenvalue weighted by Crippen LogP contribution is 2.28. The van der Waals surface area contributed by atoms with E-state index in [1.807, 2.05) is 18.2 Å². The Labute approximate surface area is 124 Å². The van der Waals surface area contributed by atoms with E-state index in [4.69, 9.17) is 0 Å². The Morgan fingerprint density at radius 2 is 2.25 bits per heavy atom. The molecule has 104 valence electrons. The third-order valence-corrected chi connectivity index (χ3v) is 4.14. The maximum absolute atomic E-state index is 11.2. The van der Waals surface area contributed by atoms with Gasteiger partial charge in [-0.05, 0) is 31.0 Å². The van der Waals surface area contributed by atoms with Gasteiger partial charge in [0, 0.05) is 22.9 Å². The number of aromatic nitrogens is 2. The molecule has 5 nitrogen and oxygen atoms in total. The average Bonchev–Trinajstić information content (AvgIpc) is 2.46. The molecule has 2 heterocycles. The topological polar surface area (TPSA) is 66.3 Å². The fraction of sp³-hybridized carbons (Fsp3) is 0.357. The van der Waals surface area contributed by atoms with Gasteiger partial charge in [-0.3, -0.25) is 4.79 Å². The highest BCUT2D eigenvalue weighted by Gasteiger charge is 2.26. The first-order valence-electron chi connectivity index (χ1n) is 6.53. The zero-order chi connectivity index (χ0) is 14.1. The van der Waals surface area contributed by atoms with Crippen LogP contribution in [0.15, 0.2) is 29.0 Å². The largest absolute Gasteiger partial charge is 0.481 e. The van der Waals surface area contributed by atoms with E-state index in [9.17, 15) is 9.90 Å². The van der Waals surface area contributed by atoms with Crippen molar-refractivity contribution in [2.24, 2.45) is 5.92 Å². The zero-order valence-electron chi connectivity index (χ0n) is 10.8. The van der Waals surface area contributed by atoms with Crippen molar-refractivity contribution in [1.29, 1.82) is 0 Å². The van der Waals surface area contributed by atoms with E-state index >= 15 is 0 Å². The molecule has 0 amide bonds. The second-order valence-electron chi connectivity index (χ2n) is 4.98. The molecule has 1 aromatic carbocycles.